The Morgan fingerprint density at radius 2 is 2.23 bits per heavy atom. The van der Waals surface area contributed by atoms with Crippen molar-refractivity contribution in [1.82, 2.24) is 14.9 Å². The van der Waals surface area contributed by atoms with E-state index in [9.17, 15) is 4.79 Å². The molecule has 2 amide bonds. The van der Waals surface area contributed by atoms with Crippen LogP contribution in [-0.2, 0) is 0 Å². The molecule has 22 heavy (non-hydrogen) atoms. The number of nitrogens with zero attached hydrogens (tertiary/aromatic N) is 3. The fourth-order valence-corrected chi connectivity index (χ4v) is 2.47. The van der Waals surface area contributed by atoms with Crippen molar-refractivity contribution in [2.75, 3.05) is 18.4 Å². The zero-order chi connectivity index (χ0) is 15.4. The third kappa shape index (κ3) is 3.46. The number of hydrogen-bond donors (Lipinski definition) is 1. The first kappa shape index (κ1) is 14.6. The van der Waals surface area contributed by atoms with Gasteiger partial charge in [-0.15, -0.1) is 0 Å². The van der Waals surface area contributed by atoms with Crippen molar-refractivity contribution in [1.29, 1.82) is 0 Å². The Hall–Kier alpha value is -2.34. The standard InChI is InChI=1S/C15H15ClN4O2/c16-12-3-1-2-4-13(12)19-15(21)20-8-5-11(10-20)22-14-9-17-6-7-18-14/h1-4,6-7,9,11H,5,8,10H2,(H,19,21). The molecule has 7 heteroatoms. The lowest BCUT2D eigenvalue weighted by molar-refractivity contribution is 0.189. The third-order valence-electron chi connectivity index (χ3n) is 3.37. The molecule has 2 aromatic rings. The molecule has 1 aliphatic rings. The van der Waals surface area contributed by atoms with Crippen LogP contribution in [0.25, 0.3) is 0 Å². The van der Waals surface area contributed by atoms with Crippen LogP contribution in [-0.4, -0.2) is 40.1 Å². The Balaban J connectivity index is 1.56. The number of likely N-dealkylation sites (tertiary alicyclic amines) is 1. The van der Waals surface area contributed by atoms with E-state index in [1.54, 1.807) is 35.6 Å². The molecule has 1 saturated heterocycles. The van der Waals surface area contributed by atoms with Gasteiger partial charge in [0.15, 0.2) is 0 Å². The van der Waals surface area contributed by atoms with E-state index in [1.807, 2.05) is 12.1 Å². The molecule has 1 aliphatic heterocycles. The van der Waals surface area contributed by atoms with E-state index in [1.165, 1.54) is 0 Å². The maximum atomic E-state index is 12.2. The number of carbonyl (C=O) groups is 1. The number of hydrogen-bond acceptors (Lipinski definition) is 4. The van der Waals surface area contributed by atoms with Crippen molar-refractivity contribution in [2.45, 2.75) is 12.5 Å². The van der Waals surface area contributed by atoms with Crippen molar-refractivity contribution < 1.29 is 9.53 Å². The average molecular weight is 319 g/mol. The molecule has 3 rings (SSSR count). The molecule has 1 unspecified atom stereocenters. The first-order valence-electron chi connectivity index (χ1n) is 6.95. The van der Waals surface area contributed by atoms with Crippen LogP contribution in [0.2, 0.25) is 5.02 Å². The van der Waals surface area contributed by atoms with Crippen LogP contribution in [0.1, 0.15) is 6.42 Å². The third-order valence-corrected chi connectivity index (χ3v) is 3.70. The van der Waals surface area contributed by atoms with Crippen LogP contribution in [0.5, 0.6) is 5.88 Å². The lowest BCUT2D eigenvalue weighted by Crippen LogP contribution is -2.34. The minimum absolute atomic E-state index is 0.0753. The summed E-state index contributed by atoms with van der Waals surface area (Å²) in [7, 11) is 0. The minimum atomic E-state index is -0.182. The maximum absolute atomic E-state index is 12.2. The summed E-state index contributed by atoms with van der Waals surface area (Å²) in [4.78, 5) is 22.0. The molecular formula is C15H15ClN4O2. The average Bonchev–Trinajstić information content (AvgIpc) is 2.99. The van der Waals surface area contributed by atoms with E-state index in [4.69, 9.17) is 16.3 Å². The lowest BCUT2D eigenvalue weighted by atomic mass is 10.3. The minimum Gasteiger partial charge on any atom is -0.471 e. The van der Waals surface area contributed by atoms with Crippen molar-refractivity contribution in [2.24, 2.45) is 0 Å². The van der Waals surface area contributed by atoms with Gasteiger partial charge in [-0.3, -0.25) is 4.98 Å². The number of aromatic nitrogens is 2. The van der Waals surface area contributed by atoms with Crippen LogP contribution in [0.3, 0.4) is 0 Å². The Morgan fingerprint density at radius 1 is 1.36 bits per heavy atom. The number of ether oxygens (including phenoxy) is 1. The first-order valence-corrected chi connectivity index (χ1v) is 7.33. The lowest BCUT2D eigenvalue weighted by Gasteiger charge is -2.18. The Bertz CT molecular complexity index is 653. The summed E-state index contributed by atoms with van der Waals surface area (Å²) in [5.41, 5.74) is 0.604. The number of benzene rings is 1. The van der Waals surface area contributed by atoms with Gasteiger partial charge in [-0.25, -0.2) is 9.78 Å². The van der Waals surface area contributed by atoms with Crippen LogP contribution < -0.4 is 10.1 Å². The van der Waals surface area contributed by atoms with Crippen LogP contribution in [0, 0.1) is 0 Å². The molecule has 1 aromatic heterocycles. The molecule has 6 nitrogen and oxygen atoms in total. The maximum Gasteiger partial charge on any atom is 0.322 e. The normalized spacial score (nSPS) is 17.3. The molecule has 0 radical (unpaired) electrons. The van der Waals surface area contributed by atoms with E-state index < -0.39 is 0 Å². The van der Waals surface area contributed by atoms with Gasteiger partial charge < -0.3 is 15.0 Å². The van der Waals surface area contributed by atoms with Gasteiger partial charge in [0.25, 0.3) is 0 Å². The summed E-state index contributed by atoms with van der Waals surface area (Å²) < 4.78 is 5.71. The highest BCUT2D eigenvalue weighted by Gasteiger charge is 2.28. The van der Waals surface area contributed by atoms with Crippen LogP contribution >= 0.6 is 11.6 Å². The number of rotatable bonds is 3. The Labute approximate surface area is 133 Å². The molecule has 1 atom stereocenters. The number of urea groups is 1. The van der Waals surface area contributed by atoms with Crippen molar-refractivity contribution in [3.8, 4) is 5.88 Å². The molecule has 0 bridgehead atoms. The van der Waals surface area contributed by atoms with Crippen molar-refractivity contribution in [3.05, 3.63) is 47.9 Å². The zero-order valence-electron chi connectivity index (χ0n) is 11.8. The summed E-state index contributed by atoms with van der Waals surface area (Å²) in [6, 6.07) is 6.97. The van der Waals surface area contributed by atoms with Crippen LogP contribution in [0.4, 0.5) is 10.5 Å². The molecular weight excluding hydrogens is 304 g/mol. The van der Waals surface area contributed by atoms with E-state index in [2.05, 4.69) is 15.3 Å². The van der Waals surface area contributed by atoms with Gasteiger partial charge >= 0.3 is 6.03 Å². The topological polar surface area (TPSA) is 67.4 Å². The van der Waals surface area contributed by atoms with Gasteiger partial charge in [-0.1, -0.05) is 23.7 Å². The summed E-state index contributed by atoms with van der Waals surface area (Å²) in [5.74, 6) is 0.473. The monoisotopic (exact) mass is 318 g/mol. The molecule has 114 valence electrons. The van der Waals surface area contributed by atoms with Gasteiger partial charge in [0.2, 0.25) is 5.88 Å². The quantitative estimate of drug-likeness (QED) is 0.945. The fourth-order valence-electron chi connectivity index (χ4n) is 2.28. The molecule has 0 spiro atoms. The summed E-state index contributed by atoms with van der Waals surface area (Å²) in [5, 5.41) is 3.32. The highest BCUT2D eigenvalue weighted by Crippen LogP contribution is 2.22. The number of para-hydroxylation sites is 1. The highest BCUT2D eigenvalue weighted by molar-refractivity contribution is 6.33. The van der Waals surface area contributed by atoms with E-state index in [-0.39, 0.29) is 12.1 Å². The van der Waals surface area contributed by atoms with Crippen molar-refractivity contribution >= 4 is 23.3 Å². The molecule has 1 fully saturated rings. The Morgan fingerprint density at radius 3 is 3.00 bits per heavy atom. The predicted octanol–water partition coefficient (Wildman–Crippen LogP) is 2.82. The predicted molar refractivity (Wildman–Crippen MR) is 83.1 cm³/mol. The number of carbonyl (C=O) groups excluding carboxylic acids is 1. The summed E-state index contributed by atoms with van der Waals surface area (Å²) in [6.07, 6.45) is 5.41. The summed E-state index contributed by atoms with van der Waals surface area (Å²) in [6.45, 7) is 1.13. The Kier molecular flexibility index (Phi) is 4.39. The van der Waals surface area contributed by atoms with Gasteiger partial charge in [0.05, 0.1) is 23.5 Å². The molecule has 0 saturated carbocycles. The molecule has 2 heterocycles. The molecule has 0 aliphatic carbocycles. The SMILES string of the molecule is O=C(Nc1ccccc1Cl)N1CCC(Oc2cnccn2)C1. The second-order valence-corrected chi connectivity index (χ2v) is 5.34. The van der Waals surface area contributed by atoms with E-state index in [0.717, 1.165) is 6.42 Å². The van der Waals surface area contributed by atoms with Gasteiger partial charge in [-0.2, -0.15) is 0 Å². The van der Waals surface area contributed by atoms with Gasteiger partial charge in [0, 0.05) is 25.4 Å². The number of amides is 2. The van der Waals surface area contributed by atoms with Gasteiger partial charge in [-0.05, 0) is 12.1 Å². The zero-order valence-corrected chi connectivity index (χ0v) is 12.5. The second kappa shape index (κ2) is 6.62. The smallest absolute Gasteiger partial charge is 0.322 e. The number of halogens is 1. The van der Waals surface area contributed by atoms with Gasteiger partial charge in [0.1, 0.15) is 6.10 Å². The number of anilines is 1. The van der Waals surface area contributed by atoms with E-state index in [0.29, 0.717) is 29.7 Å². The highest BCUT2D eigenvalue weighted by atomic mass is 35.5. The molecule has 1 N–H and O–H groups in total. The second-order valence-electron chi connectivity index (χ2n) is 4.93. The van der Waals surface area contributed by atoms with Crippen molar-refractivity contribution in [3.63, 3.8) is 0 Å². The molecule has 1 aromatic carbocycles. The summed E-state index contributed by atoms with van der Waals surface area (Å²) >= 11 is 6.04. The van der Waals surface area contributed by atoms with Crippen LogP contribution in [0.15, 0.2) is 42.9 Å². The largest absolute Gasteiger partial charge is 0.471 e. The first-order chi connectivity index (χ1) is 10.7. The fraction of sp³-hybridized carbons (Fsp3) is 0.267. The number of nitrogens with one attached hydrogen (secondary N) is 1. The van der Waals surface area contributed by atoms with E-state index >= 15 is 0 Å².